The van der Waals surface area contributed by atoms with Gasteiger partial charge in [0.15, 0.2) is 0 Å². The largest absolute Gasteiger partial charge is 0.399 e. The molecule has 4 heteroatoms. The Morgan fingerprint density at radius 3 is 2.58 bits per heavy atom. The van der Waals surface area contributed by atoms with Gasteiger partial charge < -0.3 is 10.6 Å². The summed E-state index contributed by atoms with van der Waals surface area (Å²) in [5.74, 6) is -0.480. The lowest BCUT2D eigenvalue weighted by molar-refractivity contribution is -0.116. The number of benzene rings is 2. The monoisotopic (exact) mass is 258 g/mol. The maximum atomic E-state index is 13.6. The van der Waals surface area contributed by atoms with Gasteiger partial charge >= 0.3 is 0 Å². The first-order valence-electron chi connectivity index (χ1n) is 5.95. The van der Waals surface area contributed by atoms with Crippen molar-refractivity contribution in [3.63, 3.8) is 0 Å². The fourth-order valence-corrected chi connectivity index (χ4v) is 1.87. The summed E-state index contributed by atoms with van der Waals surface area (Å²) in [6, 6.07) is 13.4. The zero-order valence-corrected chi connectivity index (χ0v) is 10.6. The van der Waals surface area contributed by atoms with Gasteiger partial charge in [-0.3, -0.25) is 4.79 Å². The van der Waals surface area contributed by atoms with Crippen molar-refractivity contribution in [1.82, 2.24) is 0 Å². The zero-order valence-electron chi connectivity index (χ0n) is 10.6. The van der Waals surface area contributed by atoms with Crippen LogP contribution in [0.5, 0.6) is 0 Å². The van der Waals surface area contributed by atoms with E-state index in [-0.39, 0.29) is 18.3 Å². The molecule has 3 nitrogen and oxygen atoms in total. The maximum Gasteiger partial charge on any atom is 0.224 e. The van der Waals surface area contributed by atoms with Crippen LogP contribution in [-0.4, -0.2) is 5.91 Å². The number of hydrogen-bond donors (Lipinski definition) is 1. The molecule has 0 atom stereocenters. The van der Waals surface area contributed by atoms with Gasteiger partial charge in [-0.1, -0.05) is 24.3 Å². The minimum atomic E-state index is -0.322. The minimum Gasteiger partial charge on any atom is -0.399 e. The molecule has 2 aromatic rings. The van der Waals surface area contributed by atoms with Gasteiger partial charge in [-0.25, -0.2) is 4.39 Å². The number of carbonyl (C=O) groups excluding carboxylic acids is 1. The van der Waals surface area contributed by atoms with E-state index in [9.17, 15) is 9.18 Å². The summed E-state index contributed by atoms with van der Waals surface area (Å²) in [6.07, 6.45) is 0. The summed E-state index contributed by atoms with van der Waals surface area (Å²) in [4.78, 5) is 13.2. The van der Waals surface area contributed by atoms with Gasteiger partial charge in [-0.2, -0.15) is 0 Å². The Hall–Kier alpha value is -2.36. The number of carbonyl (C=O) groups is 1. The van der Waals surface area contributed by atoms with Crippen LogP contribution in [0.3, 0.4) is 0 Å². The second-order valence-corrected chi connectivity index (χ2v) is 4.29. The lowest BCUT2D eigenvalue weighted by Gasteiger charge is -2.22. The highest BCUT2D eigenvalue weighted by molar-refractivity contribution is 5.91. The van der Waals surface area contributed by atoms with Gasteiger partial charge in [-0.15, -0.1) is 0 Å². The van der Waals surface area contributed by atoms with Crippen molar-refractivity contribution < 1.29 is 9.18 Å². The highest BCUT2D eigenvalue weighted by atomic mass is 19.1. The first-order chi connectivity index (χ1) is 9.08. The Morgan fingerprint density at radius 2 is 1.95 bits per heavy atom. The maximum absolute atomic E-state index is 13.6. The minimum absolute atomic E-state index is 0.158. The molecule has 1 amide bonds. The van der Waals surface area contributed by atoms with E-state index >= 15 is 0 Å². The Balaban J connectivity index is 2.32. The Labute approximate surface area is 111 Å². The summed E-state index contributed by atoms with van der Waals surface area (Å²) < 4.78 is 13.6. The number of anilines is 2. The van der Waals surface area contributed by atoms with E-state index in [4.69, 9.17) is 5.73 Å². The van der Waals surface area contributed by atoms with E-state index in [1.165, 1.54) is 17.9 Å². The number of halogens is 1. The SMILES string of the molecule is CC(=O)N(Cc1ccccc1F)c1cccc(N)c1. The summed E-state index contributed by atoms with van der Waals surface area (Å²) in [7, 11) is 0. The van der Waals surface area contributed by atoms with Crippen LogP contribution in [0.2, 0.25) is 0 Å². The van der Waals surface area contributed by atoms with Crippen LogP contribution in [0.25, 0.3) is 0 Å². The molecule has 2 rings (SSSR count). The van der Waals surface area contributed by atoms with Crippen molar-refractivity contribution in [2.75, 3.05) is 10.6 Å². The van der Waals surface area contributed by atoms with Gasteiger partial charge in [0.1, 0.15) is 5.82 Å². The number of nitrogens with two attached hydrogens (primary N) is 1. The second kappa shape index (κ2) is 5.52. The molecule has 0 bridgehead atoms. The molecule has 19 heavy (non-hydrogen) atoms. The Bertz CT molecular complexity index is 598. The van der Waals surface area contributed by atoms with Crippen LogP contribution < -0.4 is 10.6 Å². The molecule has 0 aromatic heterocycles. The fourth-order valence-electron chi connectivity index (χ4n) is 1.87. The Morgan fingerprint density at radius 1 is 1.21 bits per heavy atom. The average Bonchev–Trinajstić information content (AvgIpc) is 2.37. The van der Waals surface area contributed by atoms with Crippen molar-refractivity contribution in [3.8, 4) is 0 Å². The first kappa shape index (κ1) is 13.1. The lowest BCUT2D eigenvalue weighted by atomic mass is 10.1. The van der Waals surface area contributed by atoms with Crippen LogP contribution >= 0.6 is 0 Å². The Kier molecular flexibility index (Phi) is 3.80. The van der Waals surface area contributed by atoms with Gasteiger partial charge in [0, 0.05) is 23.9 Å². The summed E-state index contributed by atoms with van der Waals surface area (Å²) in [5.41, 5.74) is 7.41. The molecule has 0 aliphatic rings. The fraction of sp³-hybridized carbons (Fsp3) is 0.133. The van der Waals surface area contributed by atoms with Crippen molar-refractivity contribution in [3.05, 3.63) is 59.9 Å². The van der Waals surface area contributed by atoms with E-state index in [2.05, 4.69) is 0 Å². The van der Waals surface area contributed by atoms with Crippen LogP contribution in [0.4, 0.5) is 15.8 Å². The predicted molar refractivity (Wildman–Crippen MR) is 74.1 cm³/mol. The average molecular weight is 258 g/mol. The summed E-state index contributed by atoms with van der Waals surface area (Å²) in [6.45, 7) is 1.63. The molecule has 0 unspecified atom stereocenters. The molecule has 98 valence electrons. The van der Waals surface area contributed by atoms with Crippen molar-refractivity contribution in [2.45, 2.75) is 13.5 Å². The molecule has 0 aliphatic carbocycles. The van der Waals surface area contributed by atoms with Gasteiger partial charge in [0.05, 0.1) is 6.54 Å². The molecular formula is C15H15FN2O. The van der Waals surface area contributed by atoms with Crippen LogP contribution in [0.15, 0.2) is 48.5 Å². The molecule has 0 saturated carbocycles. The van der Waals surface area contributed by atoms with Gasteiger partial charge in [0.2, 0.25) is 5.91 Å². The van der Waals surface area contributed by atoms with E-state index < -0.39 is 0 Å². The smallest absolute Gasteiger partial charge is 0.224 e. The molecule has 0 saturated heterocycles. The zero-order chi connectivity index (χ0) is 13.8. The van der Waals surface area contributed by atoms with E-state index in [0.717, 1.165) is 0 Å². The highest BCUT2D eigenvalue weighted by Crippen LogP contribution is 2.21. The van der Waals surface area contributed by atoms with Crippen molar-refractivity contribution in [1.29, 1.82) is 0 Å². The first-order valence-corrected chi connectivity index (χ1v) is 5.95. The number of hydrogen-bond acceptors (Lipinski definition) is 2. The third kappa shape index (κ3) is 3.10. The number of nitrogens with zero attached hydrogens (tertiary/aromatic N) is 1. The van der Waals surface area contributed by atoms with Crippen LogP contribution in [0, 0.1) is 5.82 Å². The molecule has 0 heterocycles. The number of amides is 1. The molecule has 2 aromatic carbocycles. The number of rotatable bonds is 3. The standard InChI is InChI=1S/C15H15FN2O/c1-11(19)18(14-7-4-6-13(17)9-14)10-12-5-2-3-8-15(12)16/h2-9H,10,17H2,1H3. The van der Waals surface area contributed by atoms with E-state index in [1.54, 1.807) is 42.5 Å². The van der Waals surface area contributed by atoms with E-state index in [1.807, 2.05) is 0 Å². The molecule has 0 aliphatic heterocycles. The van der Waals surface area contributed by atoms with Crippen LogP contribution in [0.1, 0.15) is 12.5 Å². The third-order valence-electron chi connectivity index (χ3n) is 2.85. The topological polar surface area (TPSA) is 46.3 Å². The quantitative estimate of drug-likeness (QED) is 0.860. The van der Waals surface area contributed by atoms with Crippen molar-refractivity contribution in [2.24, 2.45) is 0 Å². The van der Waals surface area contributed by atoms with Gasteiger partial charge in [0.25, 0.3) is 0 Å². The second-order valence-electron chi connectivity index (χ2n) is 4.29. The normalized spacial score (nSPS) is 10.2. The molecular weight excluding hydrogens is 243 g/mol. The van der Waals surface area contributed by atoms with Crippen molar-refractivity contribution >= 4 is 17.3 Å². The highest BCUT2D eigenvalue weighted by Gasteiger charge is 2.14. The lowest BCUT2D eigenvalue weighted by Crippen LogP contribution is -2.28. The molecule has 0 fully saturated rings. The molecule has 0 radical (unpaired) electrons. The predicted octanol–water partition coefficient (Wildman–Crippen LogP) is 2.96. The summed E-state index contributed by atoms with van der Waals surface area (Å²) >= 11 is 0. The molecule has 2 N–H and O–H groups in total. The third-order valence-corrected chi connectivity index (χ3v) is 2.85. The molecule has 0 spiro atoms. The van der Waals surface area contributed by atoms with Gasteiger partial charge in [-0.05, 0) is 24.3 Å². The number of nitrogen functional groups attached to an aromatic ring is 1. The summed E-state index contributed by atoms with van der Waals surface area (Å²) in [5, 5.41) is 0. The van der Waals surface area contributed by atoms with Crippen LogP contribution in [-0.2, 0) is 11.3 Å². The van der Waals surface area contributed by atoms with E-state index in [0.29, 0.717) is 16.9 Å².